The third-order valence-corrected chi connectivity index (χ3v) is 6.34. The topological polar surface area (TPSA) is 89.5 Å². The zero-order chi connectivity index (χ0) is 21.9. The third-order valence-electron chi connectivity index (χ3n) is 6.09. The molecule has 168 valence electrons. The Bertz CT molecular complexity index is 1020. The minimum Gasteiger partial charge on any atom is -0.459 e. The van der Waals surface area contributed by atoms with Crippen LogP contribution in [0.25, 0.3) is 0 Å². The molecule has 2 aliphatic rings. The largest absolute Gasteiger partial charge is 0.459 e. The Morgan fingerprint density at radius 1 is 1.16 bits per heavy atom. The van der Waals surface area contributed by atoms with E-state index in [1.165, 1.54) is 6.26 Å². The van der Waals surface area contributed by atoms with Crippen molar-refractivity contribution >= 4 is 17.5 Å². The molecule has 9 nitrogen and oxygen atoms in total. The summed E-state index contributed by atoms with van der Waals surface area (Å²) in [6.07, 6.45) is 3.73. The van der Waals surface area contributed by atoms with Crippen LogP contribution < -0.4 is 0 Å². The van der Waals surface area contributed by atoms with Crippen LogP contribution in [0.1, 0.15) is 40.8 Å². The number of piperazine rings is 1. The van der Waals surface area contributed by atoms with Crippen LogP contribution in [0, 0.1) is 0 Å². The predicted octanol–water partition coefficient (Wildman–Crippen LogP) is 2.65. The molecule has 3 aromatic rings. The predicted molar refractivity (Wildman–Crippen MR) is 116 cm³/mol. The number of nitrogens with zero attached hydrogens (tertiary/aromatic N) is 6. The van der Waals surface area contributed by atoms with Crippen LogP contribution >= 0.6 is 11.6 Å². The smallest absolute Gasteiger partial charge is 0.289 e. The van der Waals surface area contributed by atoms with Gasteiger partial charge in [-0.3, -0.25) is 9.69 Å². The molecule has 1 aromatic carbocycles. The van der Waals surface area contributed by atoms with Gasteiger partial charge in [-0.25, -0.2) is 4.68 Å². The summed E-state index contributed by atoms with van der Waals surface area (Å²) in [4.78, 5) is 16.8. The summed E-state index contributed by atoms with van der Waals surface area (Å²) in [5.41, 5.74) is 1.06. The number of halogens is 1. The number of benzene rings is 1. The molecule has 2 atom stereocenters. The lowest BCUT2D eigenvalue weighted by Crippen LogP contribution is -2.50. The Hall–Kier alpha value is -2.75. The van der Waals surface area contributed by atoms with Gasteiger partial charge in [0, 0.05) is 37.8 Å². The summed E-state index contributed by atoms with van der Waals surface area (Å²) < 4.78 is 12.9. The van der Waals surface area contributed by atoms with Gasteiger partial charge >= 0.3 is 0 Å². The minimum absolute atomic E-state index is 0.0825. The number of ether oxygens (including phenoxy) is 1. The van der Waals surface area contributed by atoms with E-state index >= 15 is 0 Å². The van der Waals surface area contributed by atoms with Gasteiger partial charge in [0.2, 0.25) is 0 Å². The van der Waals surface area contributed by atoms with Crippen LogP contribution in [0.3, 0.4) is 0 Å². The molecule has 1 amide bonds. The van der Waals surface area contributed by atoms with E-state index in [-0.39, 0.29) is 18.1 Å². The SMILES string of the molecule is O=C(c1ccco1)N1CCN([C@@H](c2ccc(Cl)cc2)c2nnnn2C[C@H]2CCCO2)CC1. The summed E-state index contributed by atoms with van der Waals surface area (Å²) in [7, 11) is 0. The molecule has 2 aliphatic heterocycles. The number of aromatic nitrogens is 4. The van der Waals surface area contributed by atoms with Crippen molar-refractivity contribution in [2.75, 3.05) is 32.8 Å². The summed E-state index contributed by atoms with van der Waals surface area (Å²) in [6, 6.07) is 11.1. The maximum Gasteiger partial charge on any atom is 0.289 e. The fraction of sp³-hybridized carbons (Fsp3) is 0.455. The highest BCUT2D eigenvalue weighted by molar-refractivity contribution is 6.30. The van der Waals surface area contributed by atoms with Crippen LogP contribution in [0.5, 0.6) is 0 Å². The maximum atomic E-state index is 12.7. The van der Waals surface area contributed by atoms with E-state index < -0.39 is 0 Å². The molecular weight excluding hydrogens is 432 g/mol. The fourth-order valence-corrected chi connectivity index (χ4v) is 4.55. The molecule has 0 bridgehead atoms. The van der Waals surface area contributed by atoms with Crippen molar-refractivity contribution in [1.82, 2.24) is 30.0 Å². The Kier molecular flexibility index (Phi) is 6.20. The van der Waals surface area contributed by atoms with Crippen molar-refractivity contribution in [2.24, 2.45) is 0 Å². The highest BCUT2D eigenvalue weighted by atomic mass is 35.5. The van der Waals surface area contributed by atoms with E-state index in [4.69, 9.17) is 20.8 Å². The van der Waals surface area contributed by atoms with Gasteiger partial charge in [0.25, 0.3) is 5.91 Å². The van der Waals surface area contributed by atoms with Crippen LogP contribution in [-0.2, 0) is 11.3 Å². The number of carbonyl (C=O) groups excluding carboxylic acids is 1. The zero-order valence-electron chi connectivity index (χ0n) is 17.6. The second kappa shape index (κ2) is 9.40. The molecule has 32 heavy (non-hydrogen) atoms. The first-order chi connectivity index (χ1) is 15.7. The van der Waals surface area contributed by atoms with E-state index in [0.717, 1.165) is 30.8 Å². The minimum atomic E-state index is -0.149. The molecule has 0 N–H and O–H groups in total. The highest BCUT2D eigenvalue weighted by Crippen LogP contribution is 2.30. The number of furan rings is 1. The number of hydrogen-bond acceptors (Lipinski definition) is 7. The average molecular weight is 457 g/mol. The van der Waals surface area contributed by atoms with Crippen molar-refractivity contribution in [1.29, 1.82) is 0 Å². The zero-order valence-corrected chi connectivity index (χ0v) is 18.4. The second-order valence-corrected chi connectivity index (χ2v) is 8.55. The van der Waals surface area contributed by atoms with Gasteiger partial charge in [-0.2, -0.15) is 0 Å². The Balaban J connectivity index is 1.38. The first-order valence-electron chi connectivity index (χ1n) is 10.9. The van der Waals surface area contributed by atoms with Gasteiger partial charge < -0.3 is 14.1 Å². The molecule has 0 spiro atoms. The highest BCUT2D eigenvalue weighted by Gasteiger charge is 2.33. The number of hydrogen-bond donors (Lipinski definition) is 0. The van der Waals surface area contributed by atoms with Crippen molar-refractivity contribution in [3.05, 3.63) is 64.8 Å². The van der Waals surface area contributed by atoms with Gasteiger partial charge in [-0.05, 0) is 53.1 Å². The Labute approximate surface area is 190 Å². The molecule has 2 aromatic heterocycles. The molecular formula is C22H25ClN6O3. The van der Waals surface area contributed by atoms with Gasteiger partial charge in [0.05, 0.1) is 25.0 Å². The lowest BCUT2D eigenvalue weighted by Gasteiger charge is -2.38. The van der Waals surface area contributed by atoms with Gasteiger partial charge in [0.1, 0.15) is 0 Å². The van der Waals surface area contributed by atoms with Crippen molar-refractivity contribution in [3.63, 3.8) is 0 Å². The Morgan fingerprint density at radius 3 is 2.66 bits per heavy atom. The summed E-state index contributed by atoms with van der Waals surface area (Å²) in [5, 5.41) is 13.3. The Morgan fingerprint density at radius 2 is 1.97 bits per heavy atom. The first kappa shape index (κ1) is 21.1. The number of carbonyl (C=O) groups is 1. The molecule has 10 heteroatoms. The third kappa shape index (κ3) is 4.41. The van der Waals surface area contributed by atoms with Gasteiger partial charge in [-0.1, -0.05) is 23.7 Å². The normalized spacial score (nSPS) is 20.5. The fourth-order valence-electron chi connectivity index (χ4n) is 4.43. The van der Waals surface area contributed by atoms with Crippen LogP contribution in [-0.4, -0.2) is 74.8 Å². The number of rotatable bonds is 6. The maximum absolute atomic E-state index is 12.7. The summed E-state index contributed by atoms with van der Waals surface area (Å²) in [5.74, 6) is 1.06. The molecule has 2 fully saturated rings. The molecule has 0 unspecified atom stereocenters. The van der Waals surface area contributed by atoms with E-state index in [0.29, 0.717) is 43.5 Å². The lowest BCUT2D eigenvalue weighted by molar-refractivity contribution is 0.0551. The van der Waals surface area contributed by atoms with Gasteiger partial charge in [-0.15, -0.1) is 5.10 Å². The summed E-state index contributed by atoms with van der Waals surface area (Å²) in [6.45, 7) is 3.98. The molecule has 0 radical (unpaired) electrons. The monoisotopic (exact) mass is 456 g/mol. The van der Waals surface area contributed by atoms with Crippen LogP contribution in [0.15, 0.2) is 47.1 Å². The second-order valence-electron chi connectivity index (χ2n) is 8.11. The number of tetrazole rings is 1. The van der Waals surface area contributed by atoms with Crippen molar-refractivity contribution < 1.29 is 13.9 Å². The van der Waals surface area contributed by atoms with Gasteiger partial charge in [0.15, 0.2) is 11.6 Å². The van der Waals surface area contributed by atoms with Crippen LogP contribution in [0.2, 0.25) is 5.02 Å². The summed E-state index contributed by atoms with van der Waals surface area (Å²) >= 11 is 6.15. The standard InChI is InChI=1S/C22H25ClN6O3/c23-17-7-5-16(6-8-17)20(21-24-25-26-29(21)15-18-3-1-13-31-18)27-9-11-28(12-10-27)22(30)19-4-2-14-32-19/h2,4-8,14,18,20H,1,3,9-13,15H2/t18-,20+/m1/s1. The molecule has 0 aliphatic carbocycles. The quantitative estimate of drug-likeness (QED) is 0.563. The average Bonchev–Trinajstić information content (AvgIpc) is 3.60. The van der Waals surface area contributed by atoms with E-state index in [9.17, 15) is 4.79 Å². The number of amides is 1. The molecule has 4 heterocycles. The first-order valence-corrected chi connectivity index (χ1v) is 11.3. The lowest BCUT2D eigenvalue weighted by atomic mass is 10.0. The molecule has 5 rings (SSSR count). The van der Waals surface area contributed by atoms with Crippen molar-refractivity contribution in [2.45, 2.75) is 31.5 Å². The molecule has 2 saturated heterocycles. The molecule has 0 saturated carbocycles. The van der Waals surface area contributed by atoms with Crippen molar-refractivity contribution in [3.8, 4) is 0 Å². The van der Waals surface area contributed by atoms with E-state index in [1.807, 2.05) is 33.8 Å². The van der Waals surface area contributed by atoms with E-state index in [2.05, 4.69) is 20.4 Å². The van der Waals surface area contributed by atoms with Crippen LogP contribution in [0.4, 0.5) is 0 Å². The van der Waals surface area contributed by atoms with E-state index in [1.54, 1.807) is 12.1 Å².